The summed E-state index contributed by atoms with van der Waals surface area (Å²) >= 11 is 0. The predicted molar refractivity (Wildman–Crippen MR) is 88.3 cm³/mol. The highest BCUT2D eigenvalue weighted by Crippen LogP contribution is 2.26. The molecule has 0 bridgehead atoms. The number of carbonyl (C=O) groups excluding carboxylic acids is 1. The van der Waals surface area contributed by atoms with Crippen LogP contribution in [0.25, 0.3) is 0 Å². The SMILES string of the molecule is Cc1nc(CC2CCN(c3cccc(F)c3)CC2)nc([C]=O)c1O. The molecule has 2 heterocycles. The molecule has 1 aromatic carbocycles. The number of aryl methyl sites for hydroxylation is 1. The van der Waals surface area contributed by atoms with E-state index in [1.54, 1.807) is 25.3 Å². The summed E-state index contributed by atoms with van der Waals surface area (Å²) in [6, 6.07) is 6.64. The minimum atomic E-state index is -0.222. The summed E-state index contributed by atoms with van der Waals surface area (Å²) < 4.78 is 13.3. The van der Waals surface area contributed by atoms with Crippen LogP contribution in [0.5, 0.6) is 5.75 Å². The number of nitrogens with zero attached hydrogens (tertiary/aromatic N) is 3. The average molecular weight is 328 g/mol. The van der Waals surface area contributed by atoms with Crippen molar-refractivity contribution in [3.05, 3.63) is 47.3 Å². The van der Waals surface area contributed by atoms with E-state index >= 15 is 0 Å². The lowest BCUT2D eigenvalue weighted by atomic mass is 9.93. The highest BCUT2D eigenvalue weighted by atomic mass is 19.1. The Morgan fingerprint density at radius 1 is 1.33 bits per heavy atom. The Kier molecular flexibility index (Phi) is 4.74. The fraction of sp³-hybridized carbons (Fsp3) is 0.389. The van der Waals surface area contributed by atoms with Crippen molar-refractivity contribution in [2.45, 2.75) is 26.2 Å². The fourth-order valence-corrected chi connectivity index (χ4v) is 3.11. The van der Waals surface area contributed by atoms with Gasteiger partial charge in [-0.1, -0.05) is 6.07 Å². The molecule has 1 aliphatic heterocycles. The van der Waals surface area contributed by atoms with Crippen LogP contribution in [0.4, 0.5) is 10.1 Å². The van der Waals surface area contributed by atoms with Crippen LogP contribution in [0.1, 0.15) is 30.1 Å². The topological polar surface area (TPSA) is 66.3 Å². The van der Waals surface area contributed by atoms with E-state index in [9.17, 15) is 14.3 Å². The van der Waals surface area contributed by atoms with E-state index in [0.29, 0.717) is 23.9 Å². The third kappa shape index (κ3) is 3.53. The van der Waals surface area contributed by atoms with Crippen molar-refractivity contribution in [1.82, 2.24) is 9.97 Å². The molecule has 1 N–H and O–H groups in total. The van der Waals surface area contributed by atoms with E-state index in [-0.39, 0.29) is 17.3 Å². The molecule has 1 fully saturated rings. The highest BCUT2D eigenvalue weighted by Gasteiger charge is 2.22. The molecule has 0 spiro atoms. The zero-order valence-corrected chi connectivity index (χ0v) is 13.5. The molecule has 0 saturated carbocycles. The number of anilines is 1. The van der Waals surface area contributed by atoms with Gasteiger partial charge in [0.1, 0.15) is 11.6 Å². The number of hydrogen-bond donors (Lipinski definition) is 1. The van der Waals surface area contributed by atoms with Crippen LogP contribution < -0.4 is 4.90 Å². The van der Waals surface area contributed by atoms with Gasteiger partial charge in [-0.15, -0.1) is 0 Å². The van der Waals surface area contributed by atoms with Crippen molar-refractivity contribution in [3.63, 3.8) is 0 Å². The lowest BCUT2D eigenvalue weighted by Crippen LogP contribution is -2.34. The zero-order chi connectivity index (χ0) is 17.1. The first-order valence-electron chi connectivity index (χ1n) is 8.02. The summed E-state index contributed by atoms with van der Waals surface area (Å²) in [5, 5.41) is 9.69. The molecule has 0 atom stereocenters. The Bertz CT molecular complexity index is 743. The number of benzene rings is 1. The van der Waals surface area contributed by atoms with Gasteiger partial charge in [0.05, 0.1) is 5.69 Å². The van der Waals surface area contributed by atoms with Gasteiger partial charge in [0.25, 0.3) is 6.29 Å². The zero-order valence-electron chi connectivity index (χ0n) is 13.5. The third-order valence-electron chi connectivity index (χ3n) is 4.46. The lowest BCUT2D eigenvalue weighted by molar-refractivity contribution is 0.394. The van der Waals surface area contributed by atoms with Crippen LogP contribution in [0.3, 0.4) is 0 Å². The normalized spacial score (nSPS) is 15.5. The van der Waals surface area contributed by atoms with Crippen LogP contribution in [-0.2, 0) is 11.2 Å². The molecule has 0 amide bonds. The third-order valence-corrected chi connectivity index (χ3v) is 4.46. The van der Waals surface area contributed by atoms with Gasteiger partial charge in [-0.05, 0) is 43.9 Å². The van der Waals surface area contributed by atoms with Crippen LogP contribution in [0.2, 0.25) is 0 Å². The van der Waals surface area contributed by atoms with Crippen molar-refractivity contribution in [2.75, 3.05) is 18.0 Å². The van der Waals surface area contributed by atoms with Crippen LogP contribution in [-0.4, -0.2) is 34.5 Å². The summed E-state index contributed by atoms with van der Waals surface area (Å²) in [6.07, 6.45) is 4.20. The molecule has 0 unspecified atom stereocenters. The van der Waals surface area contributed by atoms with Gasteiger partial charge in [-0.2, -0.15) is 0 Å². The Morgan fingerprint density at radius 2 is 2.08 bits per heavy atom. The summed E-state index contributed by atoms with van der Waals surface area (Å²) in [7, 11) is 0. The maximum absolute atomic E-state index is 13.3. The van der Waals surface area contributed by atoms with Crippen LogP contribution in [0.15, 0.2) is 24.3 Å². The number of aromatic nitrogens is 2. The number of halogens is 1. The van der Waals surface area contributed by atoms with Gasteiger partial charge < -0.3 is 10.0 Å². The second kappa shape index (κ2) is 6.95. The molecule has 0 aliphatic carbocycles. The highest BCUT2D eigenvalue weighted by molar-refractivity contribution is 5.76. The van der Waals surface area contributed by atoms with Gasteiger partial charge in [0, 0.05) is 25.2 Å². The summed E-state index contributed by atoms with van der Waals surface area (Å²) in [5.74, 6) is 0.543. The maximum Gasteiger partial charge on any atom is 0.257 e. The molecule has 5 nitrogen and oxygen atoms in total. The van der Waals surface area contributed by atoms with Crippen molar-refractivity contribution < 1.29 is 14.3 Å². The first kappa shape index (κ1) is 16.4. The quantitative estimate of drug-likeness (QED) is 0.934. The van der Waals surface area contributed by atoms with Crippen molar-refractivity contribution in [2.24, 2.45) is 5.92 Å². The average Bonchev–Trinajstić information content (AvgIpc) is 2.58. The van der Waals surface area contributed by atoms with Gasteiger partial charge in [0.2, 0.25) is 0 Å². The minimum Gasteiger partial charge on any atom is -0.504 e. The molecule has 2 aromatic rings. The van der Waals surface area contributed by atoms with Crippen molar-refractivity contribution in [1.29, 1.82) is 0 Å². The first-order chi connectivity index (χ1) is 11.6. The van der Waals surface area contributed by atoms with Crippen molar-refractivity contribution in [3.8, 4) is 5.75 Å². The van der Waals surface area contributed by atoms with Crippen LogP contribution in [0, 0.1) is 18.7 Å². The van der Waals surface area contributed by atoms with E-state index < -0.39 is 0 Å². The molecule has 24 heavy (non-hydrogen) atoms. The van der Waals surface area contributed by atoms with E-state index in [0.717, 1.165) is 31.6 Å². The Hall–Kier alpha value is -2.50. The van der Waals surface area contributed by atoms with E-state index in [2.05, 4.69) is 14.9 Å². The molecule has 3 rings (SSSR count). The summed E-state index contributed by atoms with van der Waals surface area (Å²) in [4.78, 5) is 21.4. The molecular formula is C18H19FN3O2. The summed E-state index contributed by atoms with van der Waals surface area (Å²) in [6.45, 7) is 3.34. The number of piperidine rings is 1. The number of aromatic hydroxyl groups is 1. The smallest absolute Gasteiger partial charge is 0.257 e. The van der Waals surface area contributed by atoms with E-state index in [1.165, 1.54) is 6.07 Å². The lowest BCUT2D eigenvalue weighted by Gasteiger charge is -2.33. The molecule has 1 radical (unpaired) electrons. The molecule has 6 heteroatoms. The molecule has 1 saturated heterocycles. The largest absolute Gasteiger partial charge is 0.504 e. The molecule has 1 aromatic heterocycles. The fourth-order valence-electron chi connectivity index (χ4n) is 3.11. The van der Waals surface area contributed by atoms with Gasteiger partial charge in [-0.3, -0.25) is 4.79 Å². The van der Waals surface area contributed by atoms with Crippen molar-refractivity contribution >= 4 is 12.0 Å². The Balaban J connectivity index is 1.63. The van der Waals surface area contributed by atoms with Gasteiger partial charge in [0.15, 0.2) is 11.4 Å². The Labute approximate surface area is 140 Å². The number of hydrogen-bond acceptors (Lipinski definition) is 5. The van der Waals surface area contributed by atoms with Crippen LogP contribution >= 0.6 is 0 Å². The summed E-state index contributed by atoms with van der Waals surface area (Å²) in [5.41, 5.74) is 1.23. The van der Waals surface area contributed by atoms with Gasteiger partial charge in [-0.25, -0.2) is 14.4 Å². The predicted octanol–water partition coefficient (Wildman–Crippen LogP) is 2.55. The minimum absolute atomic E-state index is 0.0744. The maximum atomic E-state index is 13.3. The second-order valence-corrected chi connectivity index (χ2v) is 6.14. The first-order valence-corrected chi connectivity index (χ1v) is 8.02. The standard InChI is InChI=1S/C18H19FN3O2/c1-12-18(24)16(11-23)21-17(20-12)9-13-5-7-22(8-6-13)15-4-2-3-14(19)10-15/h2-4,10,13,24H,5-9H2,1H3. The Morgan fingerprint density at radius 3 is 2.75 bits per heavy atom. The second-order valence-electron chi connectivity index (χ2n) is 6.14. The molecule has 1 aliphatic rings. The van der Waals surface area contributed by atoms with E-state index in [4.69, 9.17) is 0 Å². The molecule has 125 valence electrons. The van der Waals surface area contributed by atoms with E-state index in [1.807, 2.05) is 6.07 Å². The van der Waals surface area contributed by atoms with Gasteiger partial charge >= 0.3 is 0 Å². The monoisotopic (exact) mass is 328 g/mol. The number of rotatable bonds is 4. The molecular weight excluding hydrogens is 309 g/mol.